The van der Waals surface area contributed by atoms with Crippen molar-refractivity contribution in [3.63, 3.8) is 0 Å². The molecule has 1 rings (SSSR count). The molecule has 0 fully saturated rings. The van der Waals surface area contributed by atoms with E-state index in [2.05, 4.69) is 10.6 Å². The van der Waals surface area contributed by atoms with E-state index in [0.29, 0.717) is 17.7 Å². The molecular weight excluding hydrogens is 204 g/mol. The third kappa shape index (κ3) is 3.24. The minimum atomic E-state index is -0.225. The summed E-state index contributed by atoms with van der Waals surface area (Å²) < 4.78 is 0. The topological polar surface area (TPSA) is 61.4 Å². The van der Waals surface area contributed by atoms with E-state index in [4.69, 9.17) is 0 Å². The van der Waals surface area contributed by atoms with Gasteiger partial charge in [0.1, 0.15) is 5.75 Å². The molecule has 0 aliphatic carbocycles. The third-order valence-corrected chi connectivity index (χ3v) is 2.37. The minimum Gasteiger partial charge on any atom is -0.507 e. The highest BCUT2D eigenvalue weighted by molar-refractivity contribution is 5.97. The lowest BCUT2D eigenvalue weighted by Gasteiger charge is -2.08. The molecule has 0 saturated heterocycles. The first kappa shape index (κ1) is 12.5. The second-order valence-electron chi connectivity index (χ2n) is 3.68. The minimum absolute atomic E-state index is 0.0635. The Labute approximate surface area is 95.7 Å². The molecule has 1 aromatic carbocycles. The number of aryl methyl sites for hydroxylation is 1. The smallest absolute Gasteiger partial charge is 0.255 e. The summed E-state index contributed by atoms with van der Waals surface area (Å²) in [4.78, 5) is 11.7. The number of benzene rings is 1. The monoisotopic (exact) mass is 222 g/mol. The van der Waals surface area contributed by atoms with Gasteiger partial charge in [0, 0.05) is 6.54 Å². The van der Waals surface area contributed by atoms with Crippen LogP contribution in [0.1, 0.15) is 22.3 Å². The lowest BCUT2D eigenvalue weighted by atomic mass is 10.1. The van der Waals surface area contributed by atoms with Crippen LogP contribution in [0, 0.1) is 6.92 Å². The summed E-state index contributed by atoms with van der Waals surface area (Å²) in [6.07, 6.45) is 0.870. The molecule has 0 heterocycles. The van der Waals surface area contributed by atoms with Crippen LogP contribution in [0.4, 0.5) is 0 Å². The molecule has 0 spiro atoms. The number of phenols is 1. The number of phenolic OH excluding ortho intramolecular Hbond substituents is 1. The molecule has 0 aliphatic rings. The Bertz CT molecular complexity index is 364. The number of para-hydroxylation sites is 1. The maximum atomic E-state index is 11.7. The molecule has 1 aromatic rings. The van der Waals surface area contributed by atoms with Crippen molar-refractivity contribution in [2.24, 2.45) is 0 Å². The standard InChI is InChI=1S/C12H18N2O2/c1-9-5-3-6-10(11(9)15)12(16)14-8-4-7-13-2/h3,5-6,13,15H,4,7-8H2,1-2H3,(H,14,16). The largest absolute Gasteiger partial charge is 0.507 e. The van der Waals surface area contributed by atoms with Crippen LogP contribution in [0.2, 0.25) is 0 Å². The molecule has 0 saturated carbocycles. The fourth-order valence-electron chi connectivity index (χ4n) is 1.40. The van der Waals surface area contributed by atoms with E-state index in [9.17, 15) is 9.90 Å². The molecule has 3 N–H and O–H groups in total. The van der Waals surface area contributed by atoms with E-state index in [1.54, 1.807) is 25.1 Å². The molecule has 0 atom stereocenters. The zero-order chi connectivity index (χ0) is 12.0. The first-order chi connectivity index (χ1) is 7.66. The van der Waals surface area contributed by atoms with Gasteiger partial charge in [-0.3, -0.25) is 4.79 Å². The molecule has 4 nitrogen and oxygen atoms in total. The number of nitrogens with one attached hydrogen (secondary N) is 2. The molecule has 1 amide bonds. The van der Waals surface area contributed by atoms with Gasteiger partial charge in [0.15, 0.2) is 0 Å². The number of carbonyl (C=O) groups is 1. The van der Waals surface area contributed by atoms with Gasteiger partial charge in [-0.2, -0.15) is 0 Å². The summed E-state index contributed by atoms with van der Waals surface area (Å²) in [5, 5.41) is 15.5. The second-order valence-corrected chi connectivity index (χ2v) is 3.68. The lowest BCUT2D eigenvalue weighted by Crippen LogP contribution is -2.26. The normalized spacial score (nSPS) is 10.1. The van der Waals surface area contributed by atoms with E-state index in [1.807, 2.05) is 7.05 Å². The Morgan fingerprint density at radius 3 is 2.81 bits per heavy atom. The Hall–Kier alpha value is -1.55. The van der Waals surface area contributed by atoms with Crippen molar-refractivity contribution in [3.05, 3.63) is 29.3 Å². The number of aromatic hydroxyl groups is 1. The first-order valence-electron chi connectivity index (χ1n) is 5.38. The Balaban J connectivity index is 2.56. The number of hydrogen-bond acceptors (Lipinski definition) is 3. The van der Waals surface area contributed by atoms with E-state index in [-0.39, 0.29) is 11.7 Å². The van der Waals surface area contributed by atoms with Gasteiger partial charge in [-0.1, -0.05) is 12.1 Å². The maximum Gasteiger partial charge on any atom is 0.255 e. The van der Waals surface area contributed by atoms with Crippen molar-refractivity contribution in [2.45, 2.75) is 13.3 Å². The summed E-state index contributed by atoms with van der Waals surface area (Å²) in [5.41, 5.74) is 1.05. The Morgan fingerprint density at radius 2 is 2.12 bits per heavy atom. The van der Waals surface area contributed by atoms with Gasteiger partial charge in [0.25, 0.3) is 5.91 Å². The SMILES string of the molecule is CNCCCNC(=O)c1cccc(C)c1O. The van der Waals surface area contributed by atoms with Gasteiger partial charge in [-0.05, 0) is 38.6 Å². The average molecular weight is 222 g/mol. The van der Waals surface area contributed by atoms with Gasteiger partial charge in [-0.15, -0.1) is 0 Å². The van der Waals surface area contributed by atoms with Gasteiger partial charge < -0.3 is 15.7 Å². The molecule has 88 valence electrons. The predicted molar refractivity (Wildman–Crippen MR) is 63.7 cm³/mol. The highest BCUT2D eigenvalue weighted by atomic mass is 16.3. The zero-order valence-corrected chi connectivity index (χ0v) is 9.71. The molecular formula is C12H18N2O2. The number of amides is 1. The van der Waals surface area contributed by atoms with Crippen LogP contribution in [0.25, 0.3) is 0 Å². The van der Waals surface area contributed by atoms with Crippen molar-refractivity contribution in [3.8, 4) is 5.75 Å². The summed E-state index contributed by atoms with van der Waals surface area (Å²) >= 11 is 0. The maximum absolute atomic E-state index is 11.7. The fourth-order valence-corrected chi connectivity index (χ4v) is 1.40. The van der Waals surface area contributed by atoms with Gasteiger partial charge >= 0.3 is 0 Å². The van der Waals surface area contributed by atoms with Crippen LogP contribution < -0.4 is 10.6 Å². The lowest BCUT2D eigenvalue weighted by molar-refractivity contribution is 0.0950. The molecule has 16 heavy (non-hydrogen) atoms. The van der Waals surface area contributed by atoms with Crippen LogP contribution >= 0.6 is 0 Å². The fraction of sp³-hybridized carbons (Fsp3) is 0.417. The highest BCUT2D eigenvalue weighted by Crippen LogP contribution is 2.20. The molecule has 4 heteroatoms. The summed E-state index contributed by atoms with van der Waals surface area (Å²) in [6, 6.07) is 5.15. The highest BCUT2D eigenvalue weighted by Gasteiger charge is 2.11. The predicted octanol–water partition coefficient (Wildman–Crippen LogP) is 1.04. The van der Waals surface area contributed by atoms with Crippen molar-refractivity contribution < 1.29 is 9.90 Å². The van der Waals surface area contributed by atoms with Crippen LogP contribution in [0.3, 0.4) is 0 Å². The van der Waals surface area contributed by atoms with Crippen molar-refractivity contribution in [2.75, 3.05) is 20.1 Å². The number of hydrogen-bond donors (Lipinski definition) is 3. The third-order valence-electron chi connectivity index (χ3n) is 2.37. The second kappa shape index (κ2) is 6.12. The van der Waals surface area contributed by atoms with Crippen LogP contribution in [0.15, 0.2) is 18.2 Å². The average Bonchev–Trinajstić information content (AvgIpc) is 2.28. The Kier molecular flexibility index (Phi) is 4.79. The van der Waals surface area contributed by atoms with Gasteiger partial charge in [0.05, 0.1) is 5.56 Å². The first-order valence-corrected chi connectivity index (χ1v) is 5.38. The quantitative estimate of drug-likeness (QED) is 0.652. The molecule has 0 aromatic heterocycles. The van der Waals surface area contributed by atoms with Crippen molar-refractivity contribution >= 4 is 5.91 Å². The van der Waals surface area contributed by atoms with Crippen molar-refractivity contribution in [1.82, 2.24) is 10.6 Å². The molecule has 0 bridgehead atoms. The molecule has 0 aliphatic heterocycles. The van der Waals surface area contributed by atoms with E-state index >= 15 is 0 Å². The summed E-state index contributed by atoms with van der Waals surface area (Å²) in [6.45, 7) is 3.24. The van der Waals surface area contributed by atoms with E-state index in [1.165, 1.54) is 0 Å². The summed E-state index contributed by atoms with van der Waals surface area (Å²) in [7, 11) is 1.87. The summed E-state index contributed by atoms with van der Waals surface area (Å²) in [5.74, 6) is -0.161. The van der Waals surface area contributed by atoms with Crippen LogP contribution in [-0.2, 0) is 0 Å². The number of carbonyl (C=O) groups excluding carboxylic acids is 1. The van der Waals surface area contributed by atoms with E-state index in [0.717, 1.165) is 13.0 Å². The van der Waals surface area contributed by atoms with Crippen LogP contribution in [0.5, 0.6) is 5.75 Å². The molecule has 0 unspecified atom stereocenters. The Morgan fingerprint density at radius 1 is 1.38 bits per heavy atom. The molecule has 0 radical (unpaired) electrons. The van der Waals surface area contributed by atoms with Gasteiger partial charge in [-0.25, -0.2) is 0 Å². The van der Waals surface area contributed by atoms with Crippen LogP contribution in [-0.4, -0.2) is 31.2 Å². The zero-order valence-electron chi connectivity index (χ0n) is 9.71. The van der Waals surface area contributed by atoms with E-state index < -0.39 is 0 Å². The number of rotatable bonds is 5. The van der Waals surface area contributed by atoms with Gasteiger partial charge in [0.2, 0.25) is 0 Å². The van der Waals surface area contributed by atoms with Crippen molar-refractivity contribution in [1.29, 1.82) is 0 Å².